The molecule has 0 radical (unpaired) electrons. The summed E-state index contributed by atoms with van der Waals surface area (Å²) in [7, 11) is 0. The highest BCUT2D eigenvalue weighted by Crippen LogP contribution is 2.22. The van der Waals surface area contributed by atoms with Crippen LogP contribution < -0.4 is 0 Å². The second-order valence-corrected chi connectivity index (χ2v) is 4.79. The molecular formula is C8H17NS. The lowest BCUT2D eigenvalue weighted by Crippen LogP contribution is -2.39. The molecule has 0 aromatic rings. The van der Waals surface area contributed by atoms with E-state index in [9.17, 15) is 0 Å². The molecule has 1 heterocycles. The highest BCUT2D eigenvalue weighted by Gasteiger charge is 2.27. The monoisotopic (exact) mass is 159 g/mol. The van der Waals surface area contributed by atoms with Gasteiger partial charge in [-0.2, -0.15) is 12.6 Å². The topological polar surface area (TPSA) is 3.24 Å². The van der Waals surface area contributed by atoms with Crippen LogP contribution >= 0.6 is 12.6 Å². The molecular weight excluding hydrogens is 142 g/mol. The molecule has 1 aliphatic heterocycles. The zero-order valence-corrected chi connectivity index (χ0v) is 7.99. The van der Waals surface area contributed by atoms with E-state index < -0.39 is 0 Å². The predicted octanol–water partition coefficient (Wildman–Crippen LogP) is 1.79. The second kappa shape index (κ2) is 2.74. The van der Waals surface area contributed by atoms with Gasteiger partial charge in [-0.05, 0) is 33.7 Å². The molecule has 1 rings (SSSR count). The summed E-state index contributed by atoms with van der Waals surface area (Å²) in [4.78, 5) is 2.49. The van der Waals surface area contributed by atoms with Crippen molar-refractivity contribution in [3.8, 4) is 0 Å². The van der Waals surface area contributed by atoms with Crippen molar-refractivity contribution in [1.82, 2.24) is 4.90 Å². The number of thiol groups is 1. The molecule has 0 aliphatic carbocycles. The van der Waals surface area contributed by atoms with E-state index in [0.29, 0.717) is 10.8 Å². The minimum Gasteiger partial charge on any atom is -0.297 e. The summed E-state index contributed by atoms with van der Waals surface area (Å²) in [5, 5.41) is 0.610. The Labute approximate surface area is 69.2 Å². The van der Waals surface area contributed by atoms with Crippen molar-refractivity contribution >= 4 is 12.6 Å². The molecule has 10 heavy (non-hydrogen) atoms. The standard InChI is InChI=1S/C8H17NS/c1-8(2,3)9-5-4-7(10)6-9/h7,10H,4-6H2,1-3H3. The van der Waals surface area contributed by atoms with Crippen molar-refractivity contribution in [3.63, 3.8) is 0 Å². The van der Waals surface area contributed by atoms with E-state index >= 15 is 0 Å². The van der Waals surface area contributed by atoms with Gasteiger partial charge in [0, 0.05) is 17.3 Å². The minimum absolute atomic E-state index is 0.345. The van der Waals surface area contributed by atoms with Gasteiger partial charge in [0.15, 0.2) is 0 Å². The lowest BCUT2D eigenvalue weighted by atomic mass is 10.1. The Morgan fingerprint density at radius 2 is 2.00 bits per heavy atom. The average molecular weight is 159 g/mol. The first-order valence-electron chi connectivity index (χ1n) is 3.93. The molecule has 0 saturated carbocycles. The van der Waals surface area contributed by atoms with Crippen molar-refractivity contribution < 1.29 is 0 Å². The number of hydrogen-bond donors (Lipinski definition) is 1. The maximum absolute atomic E-state index is 4.44. The van der Waals surface area contributed by atoms with Gasteiger partial charge in [0.25, 0.3) is 0 Å². The molecule has 1 atom stereocenters. The first-order chi connectivity index (χ1) is 4.50. The molecule has 0 amide bonds. The maximum atomic E-state index is 4.44. The van der Waals surface area contributed by atoms with Crippen LogP contribution in [0.5, 0.6) is 0 Å². The zero-order chi connectivity index (χ0) is 7.78. The number of hydrogen-bond acceptors (Lipinski definition) is 2. The Morgan fingerprint density at radius 3 is 2.20 bits per heavy atom. The smallest absolute Gasteiger partial charge is 0.0157 e. The van der Waals surface area contributed by atoms with Crippen molar-refractivity contribution in [2.45, 2.75) is 38.0 Å². The van der Waals surface area contributed by atoms with Crippen LogP contribution in [0.3, 0.4) is 0 Å². The van der Waals surface area contributed by atoms with Crippen LogP contribution in [-0.2, 0) is 0 Å². The molecule has 1 unspecified atom stereocenters. The van der Waals surface area contributed by atoms with E-state index in [-0.39, 0.29) is 0 Å². The summed E-state index contributed by atoms with van der Waals surface area (Å²) in [6.45, 7) is 9.17. The largest absolute Gasteiger partial charge is 0.297 e. The number of rotatable bonds is 0. The van der Waals surface area contributed by atoms with Crippen LogP contribution in [0.1, 0.15) is 27.2 Å². The van der Waals surface area contributed by atoms with Crippen LogP contribution in [0.15, 0.2) is 0 Å². The van der Waals surface area contributed by atoms with Gasteiger partial charge < -0.3 is 0 Å². The van der Waals surface area contributed by atoms with Gasteiger partial charge in [-0.1, -0.05) is 0 Å². The average Bonchev–Trinajstić information content (AvgIpc) is 2.11. The van der Waals surface area contributed by atoms with Crippen LogP contribution in [0.25, 0.3) is 0 Å². The van der Waals surface area contributed by atoms with E-state index in [1.807, 2.05) is 0 Å². The third-order valence-electron chi connectivity index (χ3n) is 2.11. The van der Waals surface area contributed by atoms with Crippen LogP contribution in [0.2, 0.25) is 0 Å². The number of likely N-dealkylation sites (tertiary alicyclic amines) is 1. The first-order valence-corrected chi connectivity index (χ1v) is 4.45. The van der Waals surface area contributed by atoms with E-state index in [2.05, 4.69) is 38.3 Å². The Balaban J connectivity index is 2.45. The number of nitrogens with zero attached hydrogens (tertiary/aromatic N) is 1. The third-order valence-corrected chi connectivity index (χ3v) is 2.53. The molecule has 1 fully saturated rings. The highest BCUT2D eigenvalue weighted by molar-refractivity contribution is 7.81. The predicted molar refractivity (Wildman–Crippen MR) is 48.7 cm³/mol. The zero-order valence-electron chi connectivity index (χ0n) is 7.09. The molecule has 0 aromatic heterocycles. The Morgan fingerprint density at radius 1 is 1.40 bits per heavy atom. The van der Waals surface area contributed by atoms with Crippen molar-refractivity contribution in [1.29, 1.82) is 0 Å². The van der Waals surface area contributed by atoms with Gasteiger partial charge >= 0.3 is 0 Å². The summed E-state index contributed by atoms with van der Waals surface area (Å²) in [5.41, 5.74) is 0.345. The maximum Gasteiger partial charge on any atom is 0.0157 e. The molecule has 2 heteroatoms. The van der Waals surface area contributed by atoms with Gasteiger partial charge in [-0.3, -0.25) is 4.90 Å². The van der Waals surface area contributed by atoms with E-state index in [4.69, 9.17) is 0 Å². The molecule has 1 saturated heterocycles. The molecule has 0 N–H and O–H groups in total. The normalized spacial score (nSPS) is 29.4. The van der Waals surface area contributed by atoms with Gasteiger partial charge in [0.05, 0.1) is 0 Å². The highest BCUT2D eigenvalue weighted by atomic mass is 32.1. The van der Waals surface area contributed by atoms with Gasteiger partial charge in [-0.25, -0.2) is 0 Å². The van der Waals surface area contributed by atoms with E-state index in [0.717, 1.165) is 6.54 Å². The Kier molecular flexibility index (Phi) is 2.31. The molecule has 1 nitrogen and oxygen atoms in total. The van der Waals surface area contributed by atoms with Gasteiger partial charge in [-0.15, -0.1) is 0 Å². The fourth-order valence-corrected chi connectivity index (χ4v) is 1.66. The van der Waals surface area contributed by atoms with Gasteiger partial charge in [0.1, 0.15) is 0 Å². The summed E-state index contributed by atoms with van der Waals surface area (Å²) in [6.07, 6.45) is 1.25. The van der Waals surface area contributed by atoms with Crippen LogP contribution in [-0.4, -0.2) is 28.8 Å². The van der Waals surface area contributed by atoms with Gasteiger partial charge in [0.2, 0.25) is 0 Å². The fraction of sp³-hybridized carbons (Fsp3) is 1.00. The fourth-order valence-electron chi connectivity index (χ4n) is 1.35. The molecule has 0 aromatic carbocycles. The summed E-state index contributed by atoms with van der Waals surface area (Å²) < 4.78 is 0. The van der Waals surface area contributed by atoms with Crippen LogP contribution in [0, 0.1) is 0 Å². The quantitative estimate of drug-likeness (QED) is 0.527. The molecule has 60 valence electrons. The second-order valence-electron chi connectivity index (χ2n) is 4.06. The van der Waals surface area contributed by atoms with Crippen molar-refractivity contribution in [3.05, 3.63) is 0 Å². The Hall–Kier alpha value is 0.310. The van der Waals surface area contributed by atoms with E-state index in [1.54, 1.807) is 0 Å². The van der Waals surface area contributed by atoms with Crippen molar-refractivity contribution in [2.75, 3.05) is 13.1 Å². The Bertz CT molecular complexity index is 117. The summed E-state index contributed by atoms with van der Waals surface area (Å²) in [5.74, 6) is 0. The van der Waals surface area contributed by atoms with E-state index in [1.165, 1.54) is 13.0 Å². The third kappa shape index (κ3) is 1.89. The summed E-state index contributed by atoms with van der Waals surface area (Å²) >= 11 is 4.44. The summed E-state index contributed by atoms with van der Waals surface area (Å²) in [6, 6.07) is 0. The lowest BCUT2D eigenvalue weighted by Gasteiger charge is -2.31. The lowest BCUT2D eigenvalue weighted by molar-refractivity contribution is 0.176. The first kappa shape index (κ1) is 8.41. The molecule has 0 bridgehead atoms. The van der Waals surface area contributed by atoms with Crippen LogP contribution in [0.4, 0.5) is 0 Å². The molecule has 1 aliphatic rings. The molecule has 0 spiro atoms. The van der Waals surface area contributed by atoms with Crippen molar-refractivity contribution in [2.24, 2.45) is 0 Å². The minimum atomic E-state index is 0.345. The SMILES string of the molecule is CC(C)(C)N1CCC(S)C1.